The zero-order valence-electron chi connectivity index (χ0n) is 10.4. The van der Waals surface area contributed by atoms with Gasteiger partial charge in [0, 0.05) is 17.9 Å². The third-order valence-electron chi connectivity index (χ3n) is 2.98. The largest absolute Gasteiger partial charge is 0.461 e. The molecule has 1 aromatic heterocycles. The number of esters is 1. The van der Waals surface area contributed by atoms with Gasteiger partial charge in [-0.3, -0.25) is 0 Å². The monoisotopic (exact) mass is 277 g/mol. The van der Waals surface area contributed by atoms with Gasteiger partial charge in [0.05, 0.1) is 17.6 Å². The maximum Gasteiger partial charge on any atom is 0.354 e. The number of aromatic nitrogens is 2. The lowest BCUT2D eigenvalue weighted by molar-refractivity contribution is -0.135. The van der Waals surface area contributed by atoms with Crippen molar-refractivity contribution in [2.75, 3.05) is 6.61 Å². The number of hydrogen-bond donors (Lipinski definition) is 0. The number of rotatable bonds is 2. The number of nitrogens with zero attached hydrogens (tertiary/aromatic N) is 3. The summed E-state index contributed by atoms with van der Waals surface area (Å²) in [5, 5.41) is 4.97. The van der Waals surface area contributed by atoms with Crippen molar-refractivity contribution in [3.05, 3.63) is 29.0 Å². The molecule has 0 fully saturated rings. The summed E-state index contributed by atoms with van der Waals surface area (Å²) in [6.45, 7) is 2.13. The van der Waals surface area contributed by atoms with E-state index in [1.54, 1.807) is 23.7 Å². The third-order valence-corrected chi connectivity index (χ3v) is 3.21. The Labute approximate surface area is 114 Å². The van der Waals surface area contributed by atoms with Crippen LogP contribution in [0.4, 0.5) is 0 Å². The normalized spacial score (nSPS) is 14.1. The maximum absolute atomic E-state index is 11.7. The SMILES string of the molecule is CCOC(=O)C1=Nn2c(nc3cc(Cl)ccc32)CC1. The average Bonchev–Trinajstić information content (AvgIpc) is 2.75. The number of imidazole rings is 1. The number of aryl methyl sites for hydroxylation is 1. The molecule has 0 unspecified atom stereocenters. The van der Waals surface area contributed by atoms with Crippen molar-refractivity contribution >= 4 is 34.3 Å². The Kier molecular flexibility index (Phi) is 2.98. The summed E-state index contributed by atoms with van der Waals surface area (Å²) in [7, 11) is 0. The van der Waals surface area contributed by atoms with E-state index in [2.05, 4.69) is 10.1 Å². The van der Waals surface area contributed by atoms with Gasteiger partial charge >= 0.3 is 5.97 Å². The van der Waals surface area contributed by atoms with E-state index >= 15 is 0 Å². The van der Waals surface area contributed by atoms with Crippen molar-refractivity contribution in [1.29, 1.82) is 0 Å². The maximum atomic E-state index is 11.7. The lowest BCUT2D eigenvalue weighted by atomic mass is 10.2. The van der Waals surface area contributed by atoms with Gasteiger partial charge in [-0.15, -0.1) is 0 Å². The molecule has 2 aromatic rings. The second kappa shape index (κ2) is 4.66. The first-order valence-corrected chi connectivity index (χ1v) is 6.48. The van der Waals surface area contributed by atoms with Gasteiger partial charge in [-0.25, -0.2) is 14.5 Å². The van der Waals surface area contributed by atoms with Crippen molar-refractivity contribution in [2.24, 2.45) is 5.10 Å². The Balaban J connectivity index is 2.08. The molecule has 0 N–H and O–H groups in total. The first kappa shape index (κ1) is 12.2. The molecule has 0 amide bonds. The summed E-state index contributed by atoms with van der Waals surface area (Å²) < 4.78 is 6.68. The molecule has 1 aromatic carbocycles. The molecule has 0 atom stereocenters. The minimum Gasteiger partial charge on any atom is -0.461 e. The van der Waals surface area contributed by atoms with E-state index in [4.69, 9.17) is 16.3 Å². The highest BCUT2D eigenvalue weighted by Gasteiger charge is 2.22. The van der Waals surface area contributed by atoms with Gasteiger partial charge in [0.2, 0.25) is 0 Å². The fourth-order valence-electron chi connectivity index (χ4n) is 2.12. The summed E-state index contributed by atoms with van der Waals surface area (Å²) in [4.78, 5) is 16.2. The van der Waals surface area contributed by atoms with E-state index < -0.39 is 0 Å². The van der Waals surface area contributed by atoms with Crippen molar-refractivity contribution in [1.82, 2.24) is 9.66 Å². The molecule has 0 bridgehead atoms. The molecule has 0 aliphatic carbocycles. The van der Waals surface area contributed by atoms with E-state index in [9.17, 15) is 4.79 Å². The van der Waals surface area contributed by atoms with Gasteiger partial charge in [0.25, 0.3) is 0 Å². The molecule has 19 heavy (non-hydrogen) atoms. The predicted molar refractivity (Wildman–Crippen MR) is 72.5 cm³/mol. The number of halogens is 1. The summed E-state index contributed by atoms with van der Waals surface area (Å²) in [5.74, 6) is 0.481. The number of carbonyl (C=O) groups is 1. The zero-order valence-corrected chi connectivity index (χ0v) is 11.1. The molecule has 3 rings (SSSR count). The predicted octanol–water partition coefficient (Wildman–Crippen LogP) is 2.40. The van der Waals surface area contributed by atoms with Crippen LogP contribution < -0.4 is 0 Å². The van der Waals surface area contributed by atoms with Crippen molar-refractivity contribution in [3.63, 3.8) is 0 Å². The second-order valence-corrected chi connectivity index (χ2v) is 4.68. The highest BCUT2D eigenvalue weighted by atomic mass is 35.5. The van der Waals surface area contributed by atoms with Crippen molar-refractivity contribution < 1.29 is 9.53 Å². The molecule has 0 radical (unpaired) electrons. The van der Waals surface area contributed by atoms with Gasteiger partial charge in [0.15, 0.2) is 0 Å². The number of ether oxygens (including phenoxy) is 1. The Morgan fingerprint density at radius 1 is 1.47 bits per heavy atom. The molecule has 0 spiro atoms. The van der Waals surface area contributed by atoms with Gasteiger partial charge in [-0.1, -0.05) is 11.6 Å². The lowest BCUT2D eigenvalue weighted by Gasteiger charge is -2.12. The van der Waals surface area contributed by atoms with Crippen LogP contribution in [0.15, 0.2) is 23.3 Å². The van der Waals surface area contributed by atoms with Crippen LogP contribution in [0.25, 0.3) is 11.0 Å². The molecule has 0 saturated heterocycles. The molecule has 2 heterocycles. The Bertz CT molecular complexity index is 690. The highest BCUT2D eigenvalue weighted by Crippen LogP contribution is 2.23. The Morgan fingerprint density at radius 2 is 2.32 bits per heavy atom. The average molecular weight is 278 g/mol. The number of hydrogen-bond acceptors (Lipinski definition) is 4. The molecule has 1 aliphatic heterocycles. The van der Waals surface area contributed by atoms with E-state index in [1.807, 2.05) is 6.07 Å². The van der Waals surface area contributed by atoms with Crippen molar-refractivity contribution in [3.8, 4) is 0 Å². The molecule has 1 aliphatic rings. The lowest BCUT2D eigenvalue weighted by Crippen LogP contribution is -2.23. The smallest absolute Gasteiger partial charge is 0.354 e. The van der Waals surface area contributed by atoms with Crippen LogP contribution >= 0.6 is 11.6 Å². The van der Waals surface area contributed by atoms with Gasteiger partial charge in [-0.2, -0.15) is 5.10 Å². The first-order chi connectivity index (χ1) is 9.19. The van der Waals surface area contributed by atoms with Gasteiger partial charge in [-0.05, 0) is 25.1 Å². The summed E-state index contributed by atoms with van der Waals surface area (Å²) in [5.41, 5.74) is 2.07. The standard InChI is InChI=1S/C13H12ClN3O2/c1-2-19-13(18)9-4-6-12-15-10-7-8(14)3-5-11(10)17(12)16-9/h3,5,7H,2,4,6H2,1H3. The quantitative estimate of drug-likeness (QED) is 0.792. The third kappa shape index (κ3) is 2.10. The minimum atomic E-state index is -0.357. The number of carbonyl (C=O) groups excluding carboxylic acids is 1. The Morgan fingerprint density at radius 3 is 3.11 bits per heavy atom. The van der Waals surface area contributed by atoms with Crippen LogP contribution in [-0.4, -0.2) is 27.9 Å². The van der Waals surface area contributed by atoms with E-state index in [0.717, 1.165) is 16.9 Å². The molecular weight excluding hydrogens is 266 g/mol. The first-order valence-electron chi connectivity index (χ1n) is 6.11. The van der Waals surface area contributed by atoms with Crippen LogP contribution in [0, 0.1) is 0 Å². The molecule has 5 nitrogen and oxygen atoms in total. The van der Waals surface area contributed by atoms with Crippen LogP contribution in [0.5, 0.6) is 0 Å². The topological polar surface area (TPSA) is 56.5 Å². The Hall–Kier alpha value is -1.88. The van der Waals surface area contributed by atoms with Crippen LogP contribution in [0.1, 0.15) is 19.2 Å². The van der Waals surface area contributed by atoms with E-state index in [0.29, 0.717) is 30.2 Å². The van der Waals surface area contributed by atoms with Gasteiger partial charge in [0.1, 0.15) is 11.5 Å². The summed E-state index contributed by atoms with van der Waals surface area (Å²) in [6, 6.07) is 5.43. The van der Waals surface area contributed by atoms with Crippen LogP contribution in [0.3, 0.4) is 0 Å². The summed E-state index contributed by atoms with van der Waals surface area (Å²) >= 11 is 5.94. The number of benzene rings is 1. The fraction of sp³-hybridized carbons (Fsp3) is 0.308. The summed E-state index contributed by atoms with van der Waals surface area (Å²) in [6.07, 6.45) is 1.22. The molecule has 98 valence electrons. The highest BCUT2D eigenvalue weighted by molar-refractivity contribution is 6.36. The number of fused-ring (bicyclic) bond motifs is 3. The minimum absolute atomic E-state index is 0.352. The zero-order chi connectivity index (χ0) is 13.4. The van der Waals surface area contributed by atoms with Gasteiger partial charge < -0.3 is 4.74 Å². The van der Waals surface area contributed by atoms with Crippen LogP contribution in [-0.2, 0) is 16.0 Å². The van der Waals surface area contributed by atoms with Crippen molar-refractivity contribution in [2.45, 2.75) is 19.8 Å². The fourth-order valence-corrected chi connectivity index (χ4v) is 2.29. The van der Waals surface area contributed by atoms with E-state index in [1.165, 1.54) is 0 Å². The second-order valence-electron chi connectivity index (χ2n) is 4.24. The molecular formula is C13H12ClN3O2. The molecule has 0 saturated carbocycles. The van der Waals surface area contributed by atoms with Crippen LogP contribution in [0.2, 0.25) is 5.02 Å². The molecule has 6 heteroatoms. The van der Waals surface area contributed by atoms with E-state index in [-0.39, 0.29) is 5.97 Å².